The number of carbonyl (C=O) groups is 2. The Morgan fingerprint density at radius 2 is 2.16 bits per heavy atom. The van der Waals surface area contributed by atoms with Crippen molar-refractivity contribution in [2.24, 2.45) is 0 Å². The van der Waals surface area contributed by atoms with Crippen LogP contribution in [0, 0.1) is 0 Å². The Kier molecular flexibility index (Phi) is 6.27. The quantitative estimate of drug-likeness (QED) is 0.194. The summed E-state index contributed by atoms with van der Waals surface area (Å²) in [6, 6.07) is 3.89. The van der Waals surface area contributed by atoms with E-state index in [0.29, 0.717) is 10.6 Å². The average Bonchev–Trinajstić information content (AvgIpc) is 3.55. The van der Waals surface area contributed by atoms with Crippen molar-refractivity contribution < 1.29 is 14.3 Å². The van der Waals surface area contributed by atoms with E-state index in [-0.39, 0.29) is 18.3 Å². The molecule has 1 aliphatic carbocycles. The number of nitrogens with one attached hydrogen (secondary N) is 1. The molecule has 0 saturated heterocycles. The number of aryl methyl sites for hydroxylation is 2. The zero-order chi connectivity index (χ0) is 22.1. The maximum Gasteiger partial charge on any atom is 0.341 e. The Balaban J connectivity index is 1.35. The van der Waals surface area contributed by atoms with E-state index in [1.165, 1.54) is 33.5 Å². The molecule has 0 unspecified atom stereocenters. The number of thiophene rings is 3. The van der Waals surface area contributed by atoms with Crippen LogP contribution in [0.3, 0.4) is 0 Å². The number of amides is 1. The summed E-state index contributed by atoms with van der Waals surface area (Å²) in [6.07, 6.45) is 4.88. The third-order valence-electron chi connectivity index (χ3n) is 5.12. The first kappa shape index (κ1) is 21.6. The van der Waals surface area contributed by atoms with E-state index in [2.05, 4.69) is 15.3 Å². The maximum absolute atomic E-state index is 12.8. The summed E-state index contributed by atoms with van der Waals surface area (Å²) in [7, 11) is 0. The minimum Gasteiger partial charge on any atom is -0.462 e. The first-order valence-corrected chi connectivity index (χ1v) is 13.7. The molecule has 4 heterocycles. The fourth-order valence-corrected chi connectivity index (χ4v) is 7.68. The first-order valence-electron chi connectivity index (χ1n) is 10.2. The summed E-state index contributed by atoms with van der Waals surface area (Å²) in [5.74, 6) is -0.407. The van der Waals surface area contributed by atoms with Crippen LogP contribution >= 0.6 is 45.8 Å². The van der Waals surface area contributed by atoms with Crippen LogP contribution < -0.4 is 5.32 Å². The van der Waals surface area contributed by atoms with E-state index in [1.807, 2.05) is 22.9 Å². The Hall–Kier alpha value is -2.27. The SMILES string of the molecule is CCOC(=O)c1c(-c2cccs2)csc1NC(=O)CSc1ncnc2sc3c(c12)CCC3. The molecule has 4 aromatic rings. The van der Waals surface area contributed by atoms with Crippen molar-refractivity contribution in [3.63, 3.8) is 0 Å². The number of ether oxygens (including phenoxy) is 1. The summed E-state index contributed by atoms with van der Waals surface area (Å²) in [5.41, 5.74) is 2.55. The van der Waals surface area contributed by atoms with E-state index in [4.69, 9.17) is 4.74 Å². The highest BCUT2D eigenvalue weighted by Crippen LogP contribution is 2.41. The topological polar surface area (TPSA) is 81.2 Å². The molecule has 0 radical (unpaired) electrons. The normalized spacial score (nSPS) is 12.8. The lowest BCUT2D eigenvalue weighted by molar-refractivity contribution is -0.113. The van der Waals surface area contributed by atoms with Crippen LogP contribution in [0.25, 0.3) is 20.7 Å². The molecular weight excluding hydrogens is 483 g/mol. The smallest absolute Gasteiger partial charge is 0.341 e. The van der Waals surface area contributed by atoms with Gasteiger partial charge >= 0.3 is 5.97 Å². The van der Waals surface area contributed by atoms with Gasteiger partial charge < -0.3 is 10.1 Å². The van der Waals surface area contributed by atoms with Gasteiger partial charge in [-0.15, -0.1) is 34.0 Å². The van der Waals surface area contributed by atoms with Crippen molar-refractivity contribution in [3.05, 3.63) is 45.2 Å². The lowest BCUT2D eigenvalue weighted by Crippen LogP contribution is -2.16. The lowest BCUT2D eigenvalue weighted by atomic mass is 10.1. The predicted octanol–water partition coefficient (Wildman–Crippen LogP) is 5.88. The summed E-state index contributed by atoms with van der Waals surface area (Å²) in [6.45, 7) is 2.05. The fourth-order valence-electron chi connectivity index (χ4n) is 3.77. The van der Waals surface area contributed by atoms with Crippen LogP contribution in [0.4, 0.5) is 5.00 Å². The fraction of sp³-hybridized carbons (Fsp3) is 0.273. The highest BCUT2D eigenvalue weighted by Gasteiger charge is 2.24. The van der Waals surface area contributed by atoms with Gasteiger partial charge in [0.25, 0.3) is 0 Å². The van der Waals surface area contributed by atoms with Gasteiger partial charge in [-0.2, -0.15) is 0 Å². The molecule has 0 bridgehead atoms. The number of aromatic nitrogens is 2. The molecule has 0 atom stereocenters. The van der Waals surface area contributed by atoms with Gasteiger partial charge in [0.1, 0.15) is 26.7 Å². The largest absolute Gasteiger partial charge is 0.462 e. The van der Waals surface area contributed by atoms with Crippen molar-refractivity contribution in [3.8, 4) is 10.4 Å². The number of hydrogen-bond donors (Lipinski definition) is 1. The number of fused-ring (bicyclic) bond motifs is 3. The number of nitrogens with zero attached hydrogens (tertiary/aromatic N) is 2. The molecule has 0 fully saturated rings. The molecule has 1 amide bonds. The van der Waals surface area contributed by atoms with E-state index < -0.39 is 5.97 Å². The van der Waals surface area contributed by atoms with Gasteiger partial charge in [0, 0.05) is 26.1 Å². The molecular formula is C22H19N3O3S4. The third kappa shape index (κ3) is 4.07. The van der Waals surface area contributed by atoms with Gasteiger partial charge in [-0.1, -0.05) is 17.8 Å². The number of hydrogen-bond acceptors (Lipinski definition) is 9. The van der Waals surface area contributed by atoms with Crippen LogP contribution in [-0.2, 0) is 22.4 Å². The van der Waals surface area contributed by atoms with Crippen LogP contribution in [0.5, 0.6) is 0 Å². The molecule has 4 aromatic heterocycles. The molecule has 32 heavy (non-hydrogen) atoms. The predicted molar refractivity (Wildman–Crippen MR) is 132 cm³/mol. The second kappa shape index (κ2) is 9.30. The molecule has 0 aromatic carbocycles. The van der Waals surface area contributed by atoms with E-state index in [1.54, 1.807) is 35.9 Å². The minimum absolute atomic E-state index is 0.182. The molecule has 0 saturated carbocycles. The monoisotopic (exact) mass is 501 g/mol. The van der Waals surface area contributed by atoms with Crippen LogP contribution in [0.2, 0.25) is 0 Å². The Morgan fingerprint density at radius 1 is 1.25 bits per heavy atom. The van der Waals surface area contributed by atoms with Gasteiger partial charge in [0.2, 0.25) is 5.91 Å². The summed E-state index contributed by atoms with van der Waals surface area (Å²) in [5, 5.41) is 9.24. The molecule has 0 aliphatic heterocycles. The third-order valence-corrected chi connectivity index (χ3v) is 9.10. The number of rotatable bonds is 7. The first-order chi connectivity index (χ1) is 15.7. The van der Waals surface area contributed by atoms with Crippen molar-refractivity contribution in [1.29, 1.82) is 0 Å². The van der Waals surface area contributed by atoms with Crippen molar-refractivity contribution in [2.75, 3.05) is 17.7 Å². The van der Waals surface area contributed by atoms with E-state index in [0.717, 1.165) is 44.9 Å². The zero-order valence-electron chi connectivity index (χ0n) is 17.2. The number of esters is 1. The summed E-state index contributed by atoms with van der Waals surface area (Å²) < 4.78 is 5.26. The second-order valence-corrected chi connectivity index (χ2v) is 11.0. The molecule has 10 heteroatoms. The van der Waals surface area contributed by atoms with Crippen LogP contribution in [-0.4, -0.2) is 34.2 Å². The molecule has 6 nitrogen and oxygen atoms in total. The number of thioether (sulfide) groups is 1. The van der Waals surface area contributed by atoms with Gasteiger partial charge in [0.05, 0.1) is 12.4 Å². The lowest BCUT2D eigenvalue weighted by Gasteiger charge is -2.08. The molecule has 0 spiro atoms. The van der Waals surface area contributed by atoms with Crippen molar-refractivity contribution in [1.82, 2.24) is 9.97 Å². The van der Waals surface area contributed by atoms with Crippen LogP contribution in [0.15, 0.2) is 34.2 Å². The average molecular weight is 502 g/mol. The van der Waals surface area contributed by atoms with Gasteiger partial charge in [-0.3, -0.25) is 4.79 Å². The molecule has 1 N–H and O–H groups in total. The standard InChI is InChI=1S/C22H19N3O3S4/c1-2-28-22(27)18-13(14-7-4-8-29-14)9-30-21(18)25-16(26)10-31-19-17-12-5-3-6-15(12)32-20(17)24-11-23-19/h4,7-9,11H,2-3,5-6,10H2,1H3,(H,25,26). The van der Waals surface area contributed by atoms with Gasteiger partial charge in [0.15, 0.2) is 0 Å². The Morgan fingerprint density at radius 3 is 2.97 bits per heavy atom. The minimum atomic E-state index is -0.425. The van der Waals surface area contributed by atoms with E-state index in [9.17, 15) is 9.59 Å². The summed E-state index contributed by atoms with van der Waals surface area (Å²) >= 11 is 6.03. The molecule has 164 valence electrons. The highest BCUT2D eigenvalue weighted by atomic mass is 32.2. The maximum atomic E-state index is 12.8. The molecule has 5 rings (SSSR count). The number of anilines is 1. The highest BCUT2D eigenvalue weighted by molar-refractivity contribution is 8.00. The van der Waals surface area contributed by atoms with Gasteiger partial charge in [-0.05, 0) is 43.2 Å². The molecule has 1 aliphatic rings. The number of carbonyl (C=O) groups excluding carboxylic acids is 2. The van der Waals surface area contributed by atoms with Gasteiger partial charge in [-0.25, -0.2) is 14.8 Å². The van der Waals surface area contributed by atoms with Crippen molar-refractivity contribution >= 4 is 72.9 Å². The van der Waals surface area contributed by atoms with E-state index >= 15 is 0 Å². The van der Waals surface area contributed by atoms with Crippen LogP contribution in [0.1, 0.15) is 34.1 Å². The second-order valence-electron chi connectivity index (χ2n) is 7.10. The van der Waals surface area contributed by atoms with Crippen molar-refractivity contribution in [2.45, 2.75) is 31.2 Å². The zero-order valence-corrected chi connectivity index (χ0v) is 20.4. The Bertz CT molecular complexity index is 1290. The summed E-state index contributed by atoms with van der Waals surface area (Å²) in [4.78, 5) is 37.7. The Labute approximate surface area is 201 Å².